The number of halogens is 2. The van der Waals surface area contributed by atoms with E-state index in [-0.39, 0.29) is 0 Å². The number of hydrogen-bond acceptors (Lipinski definition) is 0. The fraction of sp³-hybridized carbons (Fsp3) is 0.143. The average Bonchev–Trinajstić information content (AvgIpc) is 1.90. The molecule has 48 valence electrons. The van der Waals surface area contributed by atoms with Crippen molar-refractivity contribution >= 4 is 11.6 Å². The topological polar surface area (TPSA) is 0 Å². The Morgan fingerprint density at radius 3 is 2.11 bits per heavy atom. The van der Waals surface area contributed by atoms with Gasteiger partial charge < -0.3 is 0 Å². The highest BCUT2D eigenvalue weighted by Crippen LogP contribution is 2.19. The maximum atomic E-state index is 12.2. The van der Waals surface area contributed by atoms with Gasteiger partial charge in [-0.15, -0.1) is 0 Å². The van der Waals surface area contributed by atoms with Crippen LogP contribution in [-0.2, 0) is 0 Å². The molecule has 9 heavy (non-hydrogen) atoms. The van der Waals surface area contributed by atoms with Gasteiger partial charge in [0.2, 0.25) is 0 Å². The Balaban J connectivity index is 2.85. The molecule has 0 saturated carbocycles. The van der Waals surface area contributed by atoms with Gasteiger partial charge in [-0.05, 0) is 0 Å². The molecule has 0 bridgehead atoms. The third-order valence-corrected chi connectivity index (χ3v) is 1.30. The van der Waals surface area contributed by atoms with Crippen LogP contribution in [0.1, 0.15) is 11.2 Å². The number of hydrogen-bond donors (Lipinski definition) is 0. The van der Waals surface area contributed by atoms with Gasteiger partial charge in [0.1, 0.15) is 0 Å². The van der Waals surface area contributed by atoms with Crippen molar-refractivity contribution < 1.29 is 4.39 Å². The van der Waals surface area contributed by atoms with Gasteiger partial charge in [0, 0.05) is 5.56 Å². The molecule has 1 atom stereocenters. The van der Waals surface area contributed by atoms with Crippen LogP contribution in [0.5, 0.6) is 0 Å². The highest BCUT2D eigenvalue weighted by molar-refractivity contribution is 6.19. The monoisotopic (exact) mass is 144 g/mol. The summed E-state index contributed by atoms with van der Waals surface area (Å²) in [5.41, 5.74) is -0.856. The maximum absolute atomic E-state index is 12.2. The summed E-state index contributed by atoms with van der Waals surface area (Å²) in [4.78, 5) is 0. The van der Waals surface area contributed by atoms with Crippen LogP contribution in [0.4, 0.5) is 4.39 Å². The summed E-state index contributed by atoms with van der Waals surface area (Å²) in [5, 5.41) is 0. The average molecular weight is 145 g/mol. The van der Waals surface area contributed by atoms with Crippen molar-refractivity contribution in [3.63, 3.8) is 0 Å². The van der Waals surface area contributed by atoms with Crippen LogP contribution in [0, 0.1) is 0 Å². The first-order valence-corrected chi connectivity index (χ1v) is 3.07. The molecule has 0 N–H and O–H groups in total. The minimum Gasteiger partial charge on any atom is -0.225 e. The van der Waals surface area contributed by atoms with Crippen molar-refractivity contribution in [1.82, 2.24) is 0 Å². The molecule has 2 heteroatoms. The van der Waals surface area contributed by atoms with Crippen molar-refractivity contribution in [2.75, 3.05) is 0 Å². The van der Waals surface area contributed by atoms with E-state index in [0.29, 0.717) is 5.56 Å². The molecule has 0 aliphatic rings. The maximum Gasteiger partial charge on any atom is 0.198 e. The smallest absolute Gasteiger partial charge is 0.198 e. The van der Waals surface area contributed by atoms with E-state index in [0.717, 1.165) is 0 Å². The summed E-state index contributed by atoms with van der Waals surface area (Å²) in [6.45, 7) is 0. The second kappa shape index (κ2) is 2.83. The molecule has 0 aliphatic heterocycles. The Labute approximate surface area is 58.3 Å². The van der Waals surface area contributed by atoms with E-state index >= 15 is 0 Å². The summed E-state index contributed by atoms with van der Waals surface area (Å²) in [5.74, 6) is 0. The second-order valence-electron chi connectivity index (χ2n) is 1.71. The van der Waals surface area contributed by atoms with Crippen molar-refractivity contribution in [2.24, 2.45) is 0 Å². The first-order valence-electron chi connectivity index (χ1n) is 2.64. The molecule has 0 nitrogen and oxygen atoms in total. The summed E-state index contributed by atoms with van der Waals surface area (Å²) >= 11 is 5.14. The van der Waals surface area contributed by atoms with Gasteiger partial charge in [-0.2, -0.15) is 0 Å². The molecule has 0 aromatic heterocycles. The third-order valence-electron chi connectivity index (χ3n) is 1.05. The Bertz CT molecular complexity index is 172. The van der Waals surface area contributed by atoms with Gasteiger partial charge in [-0.1, -0.05) is 41.9 Å². The van der Waals surface area contributed by atoms with E-state index in [4.69, 9.17) is 11.6 Å². The van der Waals surface area contributed by atoms with Crippen molar-refractivity contribution in [3.05, 3.63) is 35.9 Å². The molecule has 1 aromatic rings. The van der Waals surface area contributed by atoms with Gasteiger partial charge in [-0.3, -0.25) is 0 Å². The molecule has 0 aliphatic carbocycles. The zero-order valence-corrected chi connectivity index (χ0v) is 5.48. The van der Waals surface area contributed by atoms with Crippen molar-refractivity contribution in [1.29, 1.82) is 0 Å². The van der Waals surface area contributed by atoms with Crippen LogP contribution in [0.25, 0.3) is 0 Å². The van der Waals surface area contributed by atoms with Crippen LogP contribution >= 0.6 is 11.6 Å². The molecular weight excluding hydrogens is 139 g/mol. The Kier molecular flexibility index (Phi) is 2.06. The van der Waals surface area contributed by atoms with Crippen molar-refractivity contribution in [2.45, 2.75) is 5.63 Å². The first-order chi connectivity index (χ1) is 4.30. The van der Waals surface area contributed by atoms with E-state index in [1.165, 1.54) is 0 Å². The lowest BCUT2D eigenvalue weighted by Crippen LogP contribution is -1.78. The number of alkyl halides is 2. The minimum absolute atomic E-state index is 0.513. The first kappa shape index (κ1) is 6.56. The predicted octanol–water partition coefficient (Wildman–Crippen LogP) is 2.89. The third kappa shape index (κ3) is 1.68. The summed E-state index contributed by atoms with van der Waals surface area (Å²) < 4.78 is 12.2. The quantitative estimate of drug-likeness (QED) is 0.532. The summed E-state index contributed by atoms with van der Waals surface area (Å²) in [6, 6.07) is 8.63. The van der Waals surface area contributed by atoms with Crippen molar-refractivity contribution in [3.8, 4) is 0 Å². The normalized spacial score (nSPS) is 13.1. The highest BCUT2D eigenvalue weighted by Gasteiger charge is 2.00. The number of rotatable bonds is 1. The van der Waals surface area contributed by atoms with Crippen LogP contribution < -0.4 is 0 Å². The van der Waals surface area contributed by atoms with Gasteiger partial charge in [0.05, 0.1) is 0 Å². The molecular formula is C7H6ClF. The van der Waals surface area contributed by atoms with Gasteiger partial charge in [0.25, 0.3) is 0 Å². The fourth-order valence-electron chi connectivity index (χ4n) is 0.599. The predicted molar refractivity (Wildman–Crippen MR) is 36.1 cm³/mol. The molecule has 1 aromatic carbocycles. The van der Waals surface area contributed by atoms with Crippen LogP contribution in [-0.4, -0.2) is 0 Å². The second-order valence-corrected chi connectivity index (χ2v) is 2.09. The lowest BCUT2D eigenvalue weighted by molar-refractivity contribution is 0.460. The highest BCUT2D eigenvalue weighted by atomic mass is 35.5. The molecule has 0 spiro atoms. The lowest BCUT2D eigenvalue weighted by atomic mass is 10.2. The molecule has 0 amide bonds. The van der Waals surface area contributed by atoms with E-state index in [9.17, 15) is 4.39 Å². The number of benzene rings is 1. The van der Waals surface area contributed by atoms with Gasteiger partial charge in [-0.25, -0.2) is 4.39 Å². The summed E-state index contributed by atoms with van der Waals surface area (Å²) in [6.07, 6.45) is 0. The molecule has 0 radical (unpaired) electrons. The van der Waals surface area contributed by atoms with Crippen LogP contribution in [0.2, 0.25) is 0 Å². The molecule has 0 unspecified atom stereocenters. The van der Waals surface area contributed by atoms with E-state index in [1.807, 2.05) is 6.07 Å². The Hall–Kier alpha value is -0.560. The SMILES string of the molecule is F[C@H](Cl)c1ccccc1. The van der Waals surface area contributed by atoms with E-state index < -0.39 is 5.63 Å². The van der Waals surface area contributed by atoms with E-state index in [2.05, 4.69) is 0 Å². The molecule has 0 fully saturated rings. The fourth-order valence-corrected chi connectivity index (χ4v) is 0.744. The standard InChI is InChI=1S/C7H6ClF/c8-7(9)6-4-2-1-3-5-6/h1-5,7H/t7-/m0/s1. The molecule has 1 rings (SSSR count). The Morgan fingerprint density at radius 2 is 1.78 bits per heavy atom. The molecule has 0 heterocycles. The lowest BCUT2D eigenvalue weighted by Gasteiger charge is -1.95. The summed E-state index contributed by atoms with van der Waals surface area (Å²) in [7, 11) is 0. The van der Waals surface area contributed by atoms with Gasteiger partial charge in [0.15, 0.2) is 5.63 Å². The van der Waals surface area contributed by atoms with Crippen LogP contribution in [0.3, 0.4) is 0 Å². The zero-order chi connectivity index (χ0) is 6.69. The van der Waals surface area contributed by atoms with Crippen LogP contribution in [0.15, 0.2) is 30.3 Å². The largest absolute Gasteiger partial charge is 0.225 e. The Morgan fingerprint density at radius 1 is 1.22 bits per heavy atom. The molecule has 0 saturated heterocycles. The zero-order valence-electron chi connectivity index (χ0n) is 4.72. The minimum atomic E-state index is -1.37. The van der Waals surface area contributed by atoms with E-state index in [1.54, 1.807) is 24.3 Å². The van der Waals surface area contributed by atoms with Gasteiger partial charge >= 0.3 is 0 Å².